The quantitative estimate of drug-likeness (QED) is 0.848. The molecule has 4 nitrogen and oxygen atoms in total. The summed E-state index contributed by atoms with van der Waals surface area (Å²) in [5, 5.41) is 4.23. The molecule has 0 fully saturated rings. The highest BCUT2D eigenvalue weighted by Gasteiger charge is 2.27. The van der Waals surface area contributed by atoms with Crippen LogP contribution < -0.4 is 4.74 Å². The predicted molar refractivity (Wildman–Crippen MR) is 62.2 cm³/mol. The molecule has 1 aromatic carbocycles. The van der Waals surface area contributed by atoms with E-state index in [0.29, 0.717) is 4.73 Å². The molecule has 0 N–H and O–H groups in total. The highest BCUT2D eigenvalue weighted by atomic mass is 79.9. The van der Waals surface area contributed by atoms with Crippen molar-refractivity contribution in [2.24, 2.45) is 0 Å². The Hall–Kier alpha value is -1.36. The van der Waals surface area contributed by atoms with Gasteiger partial charge in [0.1, 0.15) is 5.75 Å². The van der Waals surface area contributed by atoms with E-state index in [2.05, 4.69) is 26.0 Å². The van der Waals surface area contributed by atoms with E-state index >= 15 is 0 Å². The molecular formula is C11H10BrN3O. The zero-order chi connectivity index (χ0) is 11.0. The fourth-order valence-corrected chi connectivity index (χ4v) is 2.24. The van der Waals surface area contributed by atoms with E-state index < -0.39 is 0 Å². The lowest BCUT2D eigenvalue weighted by Crippen LogP contribution is -2.04. The molecule has 2 heterocycles. The summed E-state index contributed by atoms with van der Waals surface area (Å²) in [6.07, 6.45) is 0.943. The van der Waals surface area contributed by atoms with Gasteiger partial charge >= 0.3 is 0 Å². The first-order valence-corrected chi connectivity index (χ1v) is 5.94. The van der Waals surface area contributed by atoms with Gasteiger partial charge in [-0.15, -0.1) is 5.10 Å². The van der Waals surface area contributed by atoms with Crippen molar-refractivity contribution in [3.05, 3.63) is 40.9 Å². The van der Waals surface area contributed by atoms with E-state index in [0.717, 1.165) is 24.5 Å². The Labute approximate surface area is 101 Å². The Morgan fingerprint density at radius 1 is 1.31 bits per heavy atom. The lowest BCUT2D eigenvalue weighted by molar-refractivity contribution is 0.203. The molecule has 1 aliphatic rings. The predicted octanol–water partition coefficient (Wildman–Crippen LogP) is 2.56. The Morgan fingerprint density at radius 3 is 2.94 bits per heavy atom. The summed E-state index contributed by atoms with van der Waals surface area (Å²) in [5.74, 6) is 1.77. The van der Waals surface area contributed by atoms with Gasteiger partial charge in [-0.05, 0) is 28.1 Å². The molecule has 5 heteroatoms. The first kappa shape index (κ1) is 9.84. The molecule has 1 atom stereocenters. The summed E-state index contributed by atoms with van der Waals surface area (Å²) in [7, 11) is 0. The first-order valence-electron chi connectivity index (χ1n) is 5.15. The summed E-state index contributed by atoms with van der Waals surface area (Å²) in [5.41, 5.74) is 0. The van der Waals surface area contributed by atoms with Gasteiger partial charge in [0.15, 0.2) is 11.9 Å². The van der Waals surface area contributed by atoms with Crippen molar-refractivity contribution in [1.29, 1.82) is 0 Å². The summed E-state index contributed by atoms with van der Waals surface area (Å²) in [6, 6.07) is 9.80. The summed E-state index contributed by atoms with van der Waals surface area (Å²) in [6.45, 7) is 0.867. The van der Waals surface area contributed by atoms with Crippen LogP contribution >= 0.6 is 15.9 Å². The fourth-order valence-electron chi connectivity index (χ4n) is 1.87. The standard InChI is InChI=1S/C11H10BrN3O/c12-11-13-10-9(6-7-15(10)14-11)16-8-4-2-1-3-5-8/h1-5,9H,6-7H2. The topological polar surface area (TPSA) is 39.9 Å². The van der Waals surface area contributed by atoms with Crippen LogP contribution in [0.2, 0.25) is 0 Å². The van der Waals surface area contributed by atoms with Crippen molar-refractivity contribution in [3.63, 3.8) is 0 Å². The molecule has 2 aromatic rings. The van der Waals surface area contributed by atoms with Gasteiger partial charge in [-0.2, -0.15) is 0 Å². The minimum Gasteiger partial charge on any atom is -0.482 e. The van der Waals surface area contributed by atoms with Gasteiger partial charge < -0.3 is 4.74 Å². The van der Waals surface area contributed by atoms with Gasteiger partial charge in [-0.25, -0.2) is 9.67 Å². The molecule has 82 valence electrons. The van der Waals surface area contributed by atoms with Crippen LogP contribution in [0.4, 0.5) is 0 Å². The largest absolute Gasteiger partial charge is 0.482 e. The maximum Gasteiger partial charge on any atom is 0.217 e. The van der Waals surface area contributed by atoms with Gasteiger partial charge in [0.25, 0.3) is 0 Å². The summed E-state index contributed by atoms with van der Waals surface area (Å²) in [4.78, 5) is 4.31. The minimum atomic E-state index is 0.0150. The monoisotopic (exact) mass is 279 g/mol. The lowest BCUT2D eigenvalue weighted by atomic mass is 10.3. The molecule has 1 aliphatic heterocycles. The normalized spacial score (nSPS) is 18.4. The van der Waals surface area contributed by atoms with Crippen LogP contribution in [0.3, 0.4) is 0 Å². The second-order valence-corrected chi connectivity index (χ2v) is 4.38. The average molecular weight is 280 g/mol. The van der Waals surface area contributed by atoms with Crippen molar-refractivity contribution < 1.29 is 4.74 Å². The third-order valence-corrected chi connectivity index (χ3v) is 2.92. The molecule has 0 radical (unpaired) electrons. The van der Waals surface area contributed by atoms with Crippen LogP contribution in [0, 0.1) is 0 Å². The molecule has 0 saturated carbocycles. The Balaban J connectivity index is 1.83. The van der Waals surface area contributed by atoms with Crippen LogP contribution in [0.25, 0.3) is 0 Å². The van der Waals surface area contributed by atoms with Crippen LogP contribution in [0.5, 0.6) is 5.75 Å². The maximum atomic E-state index is 5.87. The molecular weight excluding hydrogens is 270 g/mol. The van der Waals surface area contributed by atoms with E-state index in [1.165, 1.54) is 0 Å². The van der Waals surface area contributed by atoms with E-state index in [-0.39, 0.29) is 6.10 Å². The zero-order valence-corrected chi connectivity index (χ0v) is 10.1. The van der Waals surface area contributed by atoms with Gasteiger partial charge in [-0.3, -0.25) is 0 Å². The number of nitrogens with zero attached hydrogens (tertiary/aromatic N) is 3. The number of aryl methyl sites for hydroxylation is 1. The number of fused-ring (bicyclic) bond motifs is 1. The zero-order valence-electron chi connectivity index (χ0n) is 8.51. The Morgan fingerprint density at radius 2 is 2.12 bits per heavy atom. The highest BCUT2D eigenvalue weighted by molar-refractivity contribution is 9.10. The SMILES string of the molecule is Brc1nc2n(n1)CCC2Oc1ccccc1. The average Bonchev–Trinajstić information content (AvgIpc) is 2.81. The smallest absolute Gasteiger partial charge is 0.217 e. The number of aromatic nitrogens is 3. The first-order chi connectivity index (χ1) is 7.83. The number of para-hydroxylation sites is 1. The van der Waals surface area contributed by atoms with Crippen molar-refractivity contribution in [2.45, 2.75) is 19.1 Å². The molecule has 3 rings (SSSR count). The third kappa shape index (κ3) is 1.71. The van der Waals surface area contributed by atoms with Gasteiger partial charge in [0, 0.05) is 13.0 Å². The van der Waals surface area contributed by atoms with Gasteiger partial charge in [-0.1, -0.05) is 18.2 Å². The summed E-state index contributed by atoms with van der Waals surface area (Å²) < 4.78 is 8.39. The molecule has 16 heavy (non-hydrogen) atoms. The van der Waals surface area contributed by atoms with E-state index in [4.69, 9.17) is 4.74 Å². The second kappa shape index (κ2) is 3.90. The fraction of sp³-hybridized carbons (Fsp3) is 0.273. The molecule has 0 spiro atoms. The third-order valence-electron chi connectivity index (χ3n) is 2.59. The maximum absolute atomic E-state index is 5.87. The van der Waals surface area contributed by atoms with E-state index in [1.807, 2.05) is 35.0 Å². The Bertz CT molecular complexity index is 497. The molecule has 0 aliphatic carbocycles. The molecule has 1 aromatic heterocycles. The van der Waals surface area contributed by atoms with Crippen LogP contribution in [-0.4, -0.2) is 14.8 Å². The van der Waals surface area contributed by atoms with Crippen molar-refractivity contribution in [1.82, 2.24) is 14.8 Å². The second-order valence-electron chi connectivity index (χ2n) is 3.67. The number of hydrogen-bond acceptors (Lipinski definition) is 3. The van der Waals surface area contributed by atoms with Crippen molar-refractivity contribution in [3.8, 4) is 5.75 Å². The van der Waals surface area contributed by atoms with E-state index in [1.54, 1.807) is 0 Å². The molecule has 0 bridgehead atoms. The number of rotatable bonds is 2. The summed E-state index contributed by atoms with van der Waals surface area (Å²) >= 11 is 3.27. The van der Waals surface area contributed by atoms with Crippen molar-refractivity contribution >= 4 is 15.9 Å². The molecule has 0 amide bonds. The van der Waals surface area contributed by atoms with Crippen LogP contribution in [-0.2, 0) is 6.54 Å². The molecule has 0 saturated heterocycles. The Kier molecular flexibility index (Phi) is 2.40. The number of hydrogen-bond donors (Lipinski definition) is 0. The lowest BCUT2D eigenvalue weighted by Gasteiger charge is -2.11. The highest BCUT2D eigenvalue weighted by Crippen LogP contribution is 2.29. The van der Waals surface area contributed by atoms with E-state index in [9.17, 15) is 0 Å². The molecule has 1 unspecified atom stereocenters. The van der Waals surface area contributed by atoms with Gasteiger partial charge in [0.2, 0.25) is 4.73 Å². The number of halogens is 1. The number of ether oxygens (including phenoxy) is 1. The van der Waals surface area contributed by atoms with Crippen molar-refractivity contribution in [2.75, 3.05) is 0 Å². The number of benzene rings is 1. The van der Waals surface area contributed by atoms with Gasteiger partial charge in [0.05, 0.1) is 0 Å². The van der Waals surface area contributed by atoms with Crippen LogP contribution in [0.15, 0.2) is 35.1 Å². The minimum absolute atomic E-state index is 0.0150. The van der Waals surface area contributed by atoms with Crippen LogP contribution in [0.1, 0.15) is 18.3 Å².